The zero-order valence-corrected chi connectivity index (χ0v) is 19.5. The Morgan fingerprint density at radius 3 is 2.62 bits per heavy atom. The second kappa shape index (κ2) is 9.99. The molecule has 0 radical (unpaired) electrons. The fourth-order valence-corrected chi connectivity index (χ4v) is 4.26. The van der Waals surface area contributed by atoms with Crippen LogP contribution in [0, 0.1) is 12.8 Å². The maximum atomic E-state index is 12.9. The van der Waals surface area contributed by atoms with Gasteiger partial charge in [-0.05, 0) is 25.3 Å². The highest BCUT2D eigenvalue weighted by molar-refractivity contribution is 7.99. The van der Waals surface area contributed by atoms with E-state index in [0.29, 0.717) is 18.2 Å². The summed E-state index contributed by atoms with van der Waals surface area (Å²) in [6.07, 6.45) is 0.866. The molecular weight excluding hydrogens is 428 g/mol. The zero-order valence-electron chi connectivity index (χ0n) is 18.7. The third-order valence-electron chi connectivity index (χ3n) is 4.84. The first-order valence-corrected chi connectivity index (χ1v) is 11.5. The molecule has 0 spiro atoms. The first-order valence-electron chi connectivity index (χ1n) is 10.5. The maximum absolute atomic E-state index is 12.9. The second-order valence-corrected chi connectivity index (χ2v) is 9.01. The van der Waals surface area contributed by atoms with Crippen molar-refractivity contribution in [2.75, 3.05) is 11.5 Å². The smallest absolute Gasteiger partial charge is 0.329 e. The molecule has 0 aliphatic heterocycles. The summed E-state index contributed by atoms with van der Waals surface area (Å²) >= 11 is 1.20. The summed E-state index contributed by atoms with van der Waals surface area (Å²) in [5.74, 6) is 0.227. The number of H-pyrrole nitrogens is 1. The van der Waals surface area contributed by atoms with Gasteiger partial charge in [-0.2, -0.15) is 0 Å². The molecule has 0 amide bonds. The quantitative estimate of drug-likeness (QED) is 0.374. The molecule has 0 unspecified atom stereocenters. The van der Waals surface area contributed by atoms with Crippen LogP contribution in [0.15, 0.2) is 39.0 Å². The van der Waals surface area contributed by atoms with Crippen LogP contribution in [0.5, 0.6) is 0 Å². The van der Waals surface area contributed by atoms with Crippen molar-refractivity contribution in [2.24, 2.45) is 5.92 Å². The van der Waals surface area contributed by atoms with E-state index >= 15 is 0 Å². The molecule has 3 rings (SSSR count). The monoisotopic (exact) mass is 456 g/mol. The number of anilines is 1. The Morgan fingerprint density at radius 2 is 1.97 bits per heavy atom. The van der Waals surface area contributed by atoms with Crippen LogP contribution in [0.1, 0.15) is 43.1 Å². The van der Waals surface area contributed by atoms with Gasteiger partial charge < -0.3 is 10.3 Å². The lowest BCUT2D eigenvalue weighted by Crippen LogP contribution is -2.37. The van der Waals surface area contributed by atoms with E-state index in [2.05, 4.69) is 22.1 Å². The third kappa shape index (κ3) is 5.01. The number of Topliss-reactive ketones (excluding diaryl/α,β-unsaturated/α-hetero) is 1. The lowest BCUT2D eigenvalue weighted by atomic mass is 10.1. The predicted molar refractivity (Wildman–Crippen MR) is 126 cm³/mol. The van der Waals surface area contributed by atoms with Gasteiger partial charge >= 0.3 is 5.69 Å². The molecule has 10 heteroatoms. The molecule has 3 N–H and O–H groups in total. The van der Waals surface area contributed by atoms with E-state index in [4.69, 9.17) is 5.73 Å². The van der Waals surface area contributed by atoms with Gasteiger partial charge in [-0.1, -0.05) is 56.3 Å². The Hall–Kier alpha value is -3.14. The number of benzene rings is 1. The molecule has 0 aliphatic rings. The molecule has 0 bridgehead atoms. The van der Waals surface area contributed by atoms with Gasteiger partial charge in [0.25, 0.3) is 5.56 Å². The van der Waals surface area contributed by atoms with Gasteiger partial charge in [-0.3, -0.25) is 19.1 Å². The summed E-state index contributed by atoms with van der Waals surface area (Å²) in [6.45, 7) is 8.90. The van der Waals surface area contributed by atoms with Gasteiger partial charge in [0, 0.05) is 18.7 Å². The van der Waals surface area contributed by atoms with Gasteiger partial charge in [0.2, 0.25) is 0 Å². The fourth-order valence-electron chi connectivity index (χ4n) is 3.42. The lowest BCUT2D eigenvalue weighted by molar-refractivity contribution is 0.102. The minimum Gasteiger partial charge on any atom is -0.384 e. The summed E-state index contributed by atoms with van der Waals surface area (Å²) in [6, 6.07) is 7.99. The number of thioether (sulfide) groups is 1. The van der Waals surface area contributed by atoms with Gasteiger partial charge in [0.1, 0.15) is 11.4 Å². The number of nitrogens with one attached hydrogen (secondary N) is 1. The van der Waals surface area contributed by atoms with Gasteiger partial charge in [0.05, 0.1) is 5.75 Å². The van der Waals surface area contributed by atoms with Crippen molar-refractivity contribution in [1.82, 2.24) is 24.3 Å². The van der Waals surface area contributed by atoms with E-state index in [1.165, 1.54) is 16.3 Å². The van der Waals surface area contributed by atoms with Crippen molar-refractivity contribution < 1.29 is 4.79 Å². The number of aromatic nitrogens is 5. The number of nitrogen functional groups attached to an aromatic ring is 1. The highest BCUT2D eigenvalue weighted by Gasteiger charge is 2.22. The van der Waals surface area contributed by atoms with Crippen molar-refractivity contribution in [3.8, 4) is 11.4 Å². The molecule has 0 saturated carbocycles. The minimum absolute atomic E-state index is 0.0528. The van der Waals surface area contributed by atoms with Crippen molar-refractivity contribution >= 4 is 23.4 Å². The van der Waals surface area contributed by atoms with Crippen molar-refractivity contribution in [1.29, 1.82) is 0 Å². The molecule has 0 fully saturated rings. The highest BCUT2D eigenvalue weighted by atomic mass is 32.2. The lowest BCUT2D eigenvalue weighted by Gasteiger charge is -2.14. The van der Waals surface area contributed by atoms with Crippen LogP contribution in [0.4, 0.5) is 5.82 Å². The highest BCUT2D eigenvalue weighted by Crippen LogP contribution is 2.25. The molecule has 2 heterocycles. The zero-order chi connectivity index (χ0) is 23.4. The normalized spacial score (nSPS) is 11.3. The SMILES string of the molecule is CCCn1c(SCC(=O)c2c(N)n(CC(C)C)c(=O)[nH]c2=O)nnc1-c1cccc(C)c1. The molecule has 1 aromatic carbocycles. The van der Waals surface area contributed by atoms with Crippen LogP contribution in [-0.2, 0) is 13.1 Å². The number of hydrogen-bond donors (Lipinski definition) is 2. The van der Waals surface area contributed by atoms with E-state index in [1.54, 1.807) is 0 Å². The predicted octanol–water partition coefficient (Wildman–Crippen LogP) is 2.73. The van der Waals surface area contributed by atoms with E-state index < -0.39 is 17.0 Å². The van der Waals surface area contributed by atoms with Crippen LogP contribution in [-0.4, -0.2) is 35.9 Å². The summed E-state index contributed by atoms with van der Waals surface area (Å²) in [5.41, 5.74) is 6.54. The Bertz CT molecular complexity index is 1240. The molecular formula is C22H28N6O3S. The minimum atomic E-state index is -0.770. The number of aryl methyl sites for hydroxylation is 1. The van der Waals surface area contributed by atoms with Crippen molar-refractivity contribution in [3.05, 3.63) is 56.2 Å². The van der Waals surface area contributed by atoms with Crippen molar-refractivity contribution in [2.45, 2.75) is 52.4 Å². The Labute approximate surface area is 190 Å². The number of carbonyl (C=O) groups is 1. The van der Waals surface area contributed by atoms with Crippen LogP contribution >= 0.6 is 11.8 Å². The van der Waals surface area contributed by atoms with Gasteiger partial charge in [0.15, 0.2) is 16.8 Å². The average molecular weight is 457 g/mol. The van der Waals surface area contributed by atoms with Crippen LogP contribution in [0.25, 0.3) is 11.4 Å². The van der Waals surface area contributed by atoms with Gasteiger partial charge in [-0.25, -0.2) is 4.79 Å². The molecule has 0 atom stereocenters. The van der Waals surface area contributed by atoms with E-state index in [0.717, 1.165) is 23.4 Å². The molecule has 9 nitrogen and oxygen atoms in total. The maximum Gasteiger partial charge on any atom is 0.329 e. The summed E-state index contributed by atoms with van der Waals surface area (Å²) < 4.78 is 3.21. The fraction of sp³-hybridized carbons (Fsp3) is 0.409. The molecule has 170 valence electrons. The first kappa shape index (κ1) is 23.5. The number of nitrogens with two attached hydrogens (primary N) is 1. The summed E-state index contributed by atoms with van der Waals surface area (Å²) in [4.78, 5) is 39.6. The number of rotatable bonds is 9. The first-order chi connectivity index (χ1) is 15.2. The topological polar surface area (TPSA) is 129 Å². The molecule has 0 aliphatic carbocycles. The average Bonchev–Trinajstić information content (AvgIpc) is 3.12. The number of ketones is 1. The van der Waals surface area contributed by atoms with E-state index in [9.17, 15) is 14.4 Å². The second-order valence-electron chi connectivity index (χ2n) is 8.06. The Morgan fingerprint density at radius 1 is 1.22 bits per heavy atom. The molecule has 3 aromatic rings. The number of carbonyl (C=O) groups excluding carboxylic acids is 1. The Balaban J connectivity index is 1.88. The molecule has 2 aromatic heterocycles. The standard InChI is InChI=1S/C22H28N6O3S/c1-5-9-27-19(15-8-6-7-14(4)10-15)25-26-22(27)32-12-16(29)17-18(23)28(11-13(2)3)21(31)24-20(17)30/h6-8,10,13H,5,9,11-12,23H2,1-4H3,(H,24,30,31). The molecule has 0 saturated heterocycles. The largest absolute Gasteiger partial charge is 0.384 e. The van der Waals surface area contributed by atoms with Gasteiger partial charge in [-0.15, -0.1) is 10.2 Å². The third-order valence-corrected chi connectivity index (χ3v) is 5.81. The molecule has 32 heavy (non-hydrogen) atoms. The van der Waals surface area contributed by atoms with E-state index in [1.807, 2.05) is 49.6 Å². The number of hydrogen-bond acceptors (Lipinski definition) is 7. The van der Waals surface area contributed by atoms with Crippen molar-refractivity contribution in [3.63, 3.8) is 0 Å². The number of aromatic amines is 1. The van der Waals surface area contributed by atoms with Crippen LogP contribution in [0.2, 0.25) is 0 Å². The van der Waals surface area contributed by atoms with Crippen LogP contribution in [0.3, 0.4) is 0 Å². The van der Waals surface area contributed by atoms with Crippen LogP contribution < -0.4 is 17.0 Å². The van der Waals surface area contributed by atoms with E-state index in [-0.39, 0.29) is 23.1 Å². The summed E-state index contributed by atoms with van der Waals surface area (Å²) in [5, 5.41) is 9.19. The number of nitrogens with zero attached hydrogens (tertiary/aromatic N) is 4. The summed E-state index contributed by atoms with van der Waals surface area (Å²) in [7, 11) is 0. The Kier molecular flexibility index (Phi) is 7.34.